The number of nitrogens with one attached hydrogen (secondary N) is 2. The Morgan fingerprint density at radius 2 is 1.68 bits per heavy atom. The number of hydrogen-bond acceptors (Lipinski definition) is 0. The first-order valence-corrected chi connectivity index (χ1v) is 7.94. The average Bonchev–Trinajstić information content (AvgIpc) is 3.00. The molecule has 4 aromatic rings. The minimum Gasteiger partial charge on any atom is -0.358 e. The van der Waals surface area contributed by atoms with Crippen molar-refractivity contribution in [1.82, 2.24) is 9.97 Å². The molecule has 2 heterocycles. The number of H-pyrrole nitrogens is 2. The molecular formula is C20H18N2. The van der Waals surface area contributed by atoms with Crippen LogP contribution in [0, 0.1) is 12.8 Å². The molecule has 0 spiro atoms. The van der Waals surface area contributed by atoms with Gasteiger partial charge in [-0.2, -0.15) is 0 Å². The Labute approximate surface area is 128 Å². The third kappa shape index (κ3) is 1.55. The van der Waals surface area contributed by atoms with E-state index in [1.54, 1.807) is 0 Å². The van der Waals surface area contributed by atoms with E-state index in [4.69, 9.17) is 0 Å². The largest absolute Gasteiger partial charge is 0.358 e. The van der Waals surface area contributed by atoms with Crippen molar-refractivity contribution in [2.45, 2.75) is 20.3 Å². The van der Waals surface area contributed by atoms with E-state index in [9.17, 15) is 0 Å². The van der Waals surface area contributed by atoms with Crippen molar-refractivity contribution in [2.75, 3.05) is 0 Å². The maximum absolute atomic E-state index is 3.64. The fourth-order valence-electron chi connectivity index (χ4n) is 3.79. The van der Waals surface area contributed by atoms with Crippen LogP contribution < -0.4 is 0 Å². The van der Waals surface area contributed by atoms with E-state index in [0.29, 0.717) is 5.92 Å². The second-order valence-electron chi connectivity index (χ2n) is 6.68. The van der Waals surface area contributed by atoms with Crippen molar-refractivity contribution in [2.24, 2.45) is 5.92 Å². The van der Waals surface area contributed by atoms with Gasteiger partial charge >= 0.3 is 0 Å². The minimum atomic E-state index is 0.620. The molecule has 0 saturated heterocycles. The molecular weight excluding hydrogens is 268 g/mol. The zero-order valence-corrected chi connectivity index (χ0v) is 12.8. The molecule has 108 valence electrons. The lowest BCUT2D eigenvalue weighted by Gasteiger charge is -2.11. The monoisotopic (exact) mass is 286 g/mol. The maximum Gasteiger partial charge on any atom is 0.0472 e. The Kier molecular flexibility index (Phi) is 2.22. The smallest absolute Gasteiger partial charge is 0.0472 e. The van der Waals surface area contributed by atoms with Gasteiger partial charge < -0.3 is 9.97 Å². The molecule has 2 heteroatoms. The Morgan fingerprint density at radius 3 is 2.59 bits per heavy atom. The molecule has 0 saturated carbocycles. The van der Waals surface area contributed by atoms with E-state index in [-0.39, 0.29) is 0 Å². The quantitative estimate of drug-likeness (QED) is 0.438. The van der Waals surface area contributed by atoms with Gasteiger partial charge in [0.25, 0.3) is 0 Å². The van der Waals surface area contributed by atoms with Crippen LogP contribution in [0.2, 0.25) is 0 Å². The van der Waals surface area contributed by atoms with E-state index in [1.807, 2.05) is 0 Å². The molecule has 1 aliphatic carbocycles. The number of hydrogen-bond donors (Lipinski definition) is 2. The molecule has 0 aliphatic heterocycles. The SMILES string of the molecule is Cc1ccc2c(c1)[nH]c1cc3c4c([nH]c3cc12)CC(C)C=C4. The van der Waals surface area contributed by atoms with Gasteiger partial charge in [0.05, 0.1) is 0 Å². The van der Waals surface area contributed by atoms with E-state index in [0.717, 1.165) is 6.42 Å². The lowest BCUT2D eigenvalue weighted by Crippen LogP contribution is -2.01. The number of fused-ring (bicyclic) bond motifs is 6. The normalized spacial score (nSPS) is 17.6. The van der Waals surface area contributed by atoms with Crippen molar-refractivity contribution < 1.29 is 0 Å². The summed E-state index contributed by atoms with van der Waals surface area (Å²) >= 11 is 0. The molecule has 1 aliphatic rings. The van der Waals surface area contributed by atoms with E-state index in [2.05, 4.69) is 66.3 Å². The van der Waals surface area contributed by atoms with Gasteiger partial charge in [-0.25, -0.2) is 0 Å². The highest BCUT2D eigenvalue weighted by Crippen LogP contribution is 2.35. The summed E-state index contributed by atoms with van der Waals surface area (Å²) in [5.74, 6) is 0.620. The molecule has 1 unspecified atom stereocenters. The fraction of sp³-hybridized carbons (Fsp3) is 0.200. The lowest BCUT2D eigenvalue weighted by molar-refractivity contribution is 0.705. The van der Waals surface area contributed by atoms with Crippen LogP contribution in [0.25, 0.3) is 38.8 Å². The van der Waals surface area contributed by atoms with Crippen molar-refractivity contribution in [3.63, 3.8) is 0 Å². The molecule has 2 aromatic carbocycles. The molecule has 1 atom stereocenters. The molecule has 0 fully saturated rings. The van der Waals surface area contributed by atoms with E-state index < -0.39 is 0 Å². The van der Waals surface area contributed by atoms with Crippen molar-refractivity contribution in [3.8, 4) is 0 Å². The number of aryl methyl sites for hydroxylation is 1. The summed E-state index contributed by atoms with van der Waals surface area (Å²) in [5, 5.41) is 3.94. The average molecular weight is 286 g/mol. The van der Waals surface area contributed by atoms with Crippen molar-refractivity contribution >= 4 is 38.8 Å². The highest BCUT2D eigenvalue weighted by atomic mass is 14.7. The number of benzene rings is 2. The summed E-state index contributed by atoms with van der Waals surface area (Å²) in [7, 11) is 0. The molecule has 0 amide bonds. The number of rotatable bonds is 0. The van der Waals surface area contributed by atoms with Gasteiger partial charge in [-0.1, -0.05) is 31.2 Å². The van der Waals surface area contributed by atoms with E-state index >= 15 is 0 Å². The predicted molar refractivity (Wildman–Crippen MR) is 94.3 cm³/mol. The van der Waals surface area contributed by atoms with E-state index in [1.165, 1.54) is 49.5 Å². The number of allylic oxidation sites excluding steroid dienone is 1. The predicted octanol–water partition coefficient (Wildman–Crippen LogP) is 5.32. The topological polar surface area (TPSA) is 31.6 Å². The maximum atomic E-state index is 3.64. The standard InChI is InChI=1S/C20H18N2/c1-11-3-5-13-15-9-20-16(10-19(15)21-17(13)7-11)14-6-4-12(2)8-18(14)22-20/h3-7,9-10,12,21-22H,8H2,1-2H3. The van der Waals surface area contributed by atoms with Crippen LogP contribution in [0.15, 0.2) is 36.4 Å². The Morgan fingerprint density at radius 1 is 0.909 bits per heavy atom. The van der Waals surface area contributed by atoms with Crippen LogP contribution >= 0.6 is 0 Å². The van der Waals surface area contributed by atoms with Gasteiger partial charge in [0, 0.05) is 44.0 Å². The van der Waals surface area contributed by atoms with Crippen LogP contribution in [-0.4, -0.2) is 9.97 Å². The van der Waals surface area contributed by atoms with Crippen molar-refractivity contribution in [1.29, 1.82) is 0 Å². The zero-order valence-electron chi connectivity index (χ0n) is 12.8. The third-order valence-electron chi connectivity index (χ3n) is 4.91. The Bertz CT molecular complexity index is 1080. The summed E-state index contributed by atoms with van der Waals surface area (Å²) in [4.78, 5) is 7.22. The van der Waals surface area contributed by atoms with Crippen molar-refractivity contribution in [3.05, 3.63) is 53.2 Å². The highest BCUT2D eigenvalue weighted by molar-refractivity contribution is 6.12. The van der Waals surface area contributed by atoms with Crippen LogP contribution in [0.3, 0.4) is 0 Å². The van der Waals surface area contributed by atoms with Crippen LogP contribution in [0.4, 0.5) is 0 Å². The summed E-state index contributed by atoms with van der Waals surface area (Å²) in [5.41, 5.74) is 7.72. The van der Waals surface area contributed by atoms with Gasteiger partial charge in [-0.15, -0.1) is 0 Å². The molecule has 0 bridgehead atoms. The highest BCUT2D eigenvalue weighted by Gasteiger charge is 2.16. The number of aromatic nitrogens is 2. The summed E-state index contributed by atoms with van der Waals surface area (Å²) in [6.07, 6.45) is 5.70. The summed E-state index contributed by atoms with van der Waals surface area (Å²) in [6.45, 7) is 4.41. The molecule has 0 radical (unpaired) electrons. The van der Waals surface area contributed by atoms with Gasteiger partial charge in [-0.3, -0.25) is 0 Å². The Balaban J connectivity index is 1.88. The van der Waals surface area contributed by atoms with Crippen LogP contribution in [0.1, 0.15) is 23.7 Å². The first-order chi connectivity index (χ1) is 10.7. The lowest BCUT2D eigenvalue weighted by atomic mass is 9.95. The zero-order chi connectivity index (χ0) is 14.8. The first-order valence-electron chi connectivity index (χ1n) is 7.94. The fourth-order valence-corrected chi connectivity index (χ4v) is 3.79. The molecule has 22 heavy (non-hydrogen) atoms. The molecule has 5 rings (SSSR count). The second-order valence-corrected chi connectivity index (χ2v) is 6.68. The molecule has 2 aromatic heterocycles. The molecule has 2 nitrogen and oxygen atoms in total. The third-order valence-corrected chi connectivity index (χ3v) is 4.91. The minimum absolute atomic E-state index is 0.620. The number of aromatic amines is 2. The second kappa shape index (κ2) is 4.04. The first kappa shape index (κ1) is 12.1. The Hall–Kier alpha value is -2.48. The summed E-state index contributed by atoms with van der Waals surface area (Å²) < 4.78 is 0. The summed E-state index contributed by atoms with van der Waals surface area (Å²) in [6, 6.07) is 11.2. The van der Waals surface area contributed by atoms with Gasteiger partial charge in [0.2, 0.25) is 0 Å². The van der Waals surface area contributed by atoms with Crippen LogP contribution in [-0.2, 0) is 6.42 Å². The van der Waals surface area contributed by atoms with Crippen LogP contribution in [0.5, 0.6) is 0 Å². The van der Waals surface area contributed by atoms with Gasteiger partial charge in [0.1, 0.15) is 0 Å². The molecule has 2 N–H and O–H groups in total. The van der Waals surface area contributed by atoms with Gasteiger partial charge in [-0.05, 0) is 43.0 Å². The van der Waals surface area contributed by atoms with Gasteiger partial charge in [0.15, 0.2) is 0 Å².